The van der Waals surface area contributed by atoms with Gasteiger partial charge in [-0.2, -0.15) is 0 Å². The van der Waals surface area contributed by atoms with Crippen molar-refractivity contribution in [1.29, 1.82) is 0 Å². The van der Waals surface area contributed by atoms with Crippen LogP contribution in [-0.2, 0) is 0 Å². The number of hydrogen-bond acceptors (Lipinski definition) is 1. The van der Waals surface area contributed by atoms with Gasteiger partial charge in [-0.05, 0) is 39.2 Å². The maximum atomic E-state index is 4.27. The summed E-state index contributed by atoms with van der Waals surface area (Å²) >= 11 is 0. The summed E-state index contributed by atoms with van der Waals surface area (Å²) in [5.41, 5.74) is 1.04. The van der Waals surface area contributed by atoms with Gasteiger partial charge in [-0.3, -0.25) is 4.99 Å². The number of aliphatic imine (C=N–C) groups is 1. The molecule has 0 rings (SSSR count). The number of rotatable bonds is 7. The van der Waals surface area contributed by atoms with Crippen LogP contribution in [0.4, 0.5) is 0 Å². The molecule has 0 saturated carbocycles. The van der Waals surface area contributed by atoms with E-state index in [0.29, 0.717) is 0 Å². The number of hydrogen-bond donors (Lipinski definition) is 0. The lowest BCUT2D eigenvalue weighted by Crippen LogP contribution is -1.74. The van der Waals surface area contributed by atoms with E-state index < -0.39 is 0 Å². The van der Waals surface area contributed by atoms with Gasteiger partial charge < -0.3 is 0 Å². The highest BCUT2D eigenvalue weighted by Crippen LogP contribution is 2.03. The quantitative estimate of drug-likeness (QED) is 0.329. The second kappa shape index (κ2) is 11.7. The molecule has 1 nitrogen and oxygen atoms in total. The molecule has 0 aliphatic carbocycles. The molecular formula is C15H23N. The molecule has 16 heavy (non-hydrogen) atoms. The fourth-order valence-corrected chi connectivity index (χ4v) is 1.20. The number of allylic oxidation sites excluding steroid dienone is 7. The summed E-state index contributed by atoms with van der Waals surface area (Å²) in [6, 6.07) is 0. The summed E-state index contributed by atoms with van der Waals surface area (Å²) in [6.07, 6.45) is 19.8. The summed E-state index contributed by atoms with van der Waals surface area (Å²) in [6.45, 7) is 6.08. The number of unbranched alkanes of at least 4 members (excludes halogenated alkanes) is 1. The van der Waals surface area contributed by atoms with Crippen molar-refractivity contribution in [3.05, 3.63) is 48.2 Å². The predicted octanol–water partition coefficient (Wildman–Crippen LogP) is 4.84. The molecule has 0 bridgehead atoms. The fraction of sp³-hybridized carbons (Fsp3) is 0.400. The van der Waals surface area contributed by atoms with E-state index in [-0.39, 0.29) is 0 Å². The summed E-state index contributed by atoms with van der Waals surface area (Å²) in [4.78, 5) is 4.27. The van der Waals surface area contributed by atoms with Gasteiger partial charge in [-0.15, -0.1) is 0 Å². The summed E-state index contributed by atoms with van der Waals surface area (Å²) in [7, 11) is 0. The fourth-order valence-electron chi connectivity index (χ4n) is 1.20. The third-order valence-electron chi connectivity index (χ3n) is 1.92. The van der Waals surface area contributed by atoms with E-state index >= 15 is 0 Å². The third kappa shape index (κ3) is 9.20. The first-order chi connectivity index (χ1) is 7.85. The smallest absolute Gasteiger partial charge is 0.0582 e. The summed E-state index contributed by atoms with van der Waals surface area (Å²) in [5.74, 6) is 0. The highest BCUT2D eigenvalue weighted by atomic mass is 14.7. The van der Waals surface area contributed by atoms with Crippen LogP contribution in [-0.4, -0.2) is 6.21 Å². The van der Waals surface area contributed by atoms with Crippen LogP contribution < -0.4 is 0 Å². The Kier molecular flexibility index (Phi) is 10.7. The Bertz CT molecular complexity index is 277. The average Bonchev–Trinajstić information content (AvgIpc) is 2.28. The molecule has 88 valence electrons. The predicted molar refractivity (Wildman–Crippen MR) is 74.9 cm³/mol. The lowest BCUT2D eigenvalue weighted by molar-refractivity contribution is 1.04. The maximum Gasteiger partial charge on any atom is 0.0582 e. The van der Waals surface area contributed by atoms with Crippen LogP contribution in [0.5, 0.6) is 0 Å². The molecule has 0 spiro atoms. The van der Waals surface area contributed by atoms with Gasteiger partial charge in [-0.1, -0.05) is 43.4 Å². The minimum Gasteiger partial charge on any atom is -0.262 e. The second-order valence-electron chi connectivity index (χ2n) is 3.36. The van der Waals surface area contributed by atoms with Crippen LogP contribution in [0.3, 0.4) is 0 Å². The van der Waals surface area contributed by atoms with Gasteiger partial charge in [0.25, 0.3) is 0 Å². The Morgan fingerprint density at radius 2 is 1.81 bits per heavy atom. The first-order valence-electron chi connectivity index (χ1n) is 5.98. The van der Waals surface area contributed by atoms with Crippen molar-refractivity contribution in [2.45, 2.75) is 40.0 Å². The van der Waals surface area contributed by atoms with E-state index in [4.69, 9.17) is 0 Å². The molecule has 0 aromatic heterocycles. The van der Waals surface area contributed by atoms with E-state index in [1.165, 1.54) is 0 Å². The van der Waals surface area contributed by atoms with Crippen LogP contribution in [0.25, 0.3) is 0 Å². The molecule has 0 amide bonds. The zero-order valence-electron chi connectivity index (χ0n) is 10.7. The highest BCUT2D eigenvalue weighted by molar-refractivity contribution is 5.56. The zero-order valence-corrected chi connectivity index (χ0v) is 10.7. The van der Waals surface area contributed by atoms with Crippen molar-refractivity contribution < 1.29 is 0 Å². The summed E-state index contributed by atoms with van der Waals surface area (Å²) in [5, 5.41) is 0. The van der Waals surface area contributed by atoms with E-state index in [1.54, 1.807) is 0 Å². The first-order valence-corrected chi connectivity index (χ1v) is 5.98. The van der Waals surface area contributed by atoms with Crippen molar-refractivity contribution in [3.63, 3.8) is 0 Å². The molecule has 0 atom stereocenters. The molecule has 0 fully saturated rings. The molecule has 0 aromatic carbocycles. The van der Waals surface area contributed by atoms with Gasteiger partial charge in [0.1, 0.15) is 0 Å². The van der Waals surface area contributed by atoms with Crippen LogP contribution in [0.2, 0.25) is 0 Å². The Hall–Kier alpha value is -1.37. The molecule has 0 heterocycles. The van der Waals surface area contributed by atoms with Gasteiger partial charge in [0.15, 0.2) is 0 Å². The van der Waals surface area contributed by atoms with Crippen molar-refractivity contribution in [3.8, 4) is 0 Å². The first kappa shape index (κ1) is 14.6. The summed E-state index contributed by atoms with van der Waals surface area (Å²) < 4.78 is 0. The molecule has 0 radical (unpaired) electrons. The van der Waals surface area contributed by atoms with E-state index in [2.05, 4.69) is 42.3 Å². The Balaban J connectivity index is 3.96. The Labute approximate surface area is 100.0 Å². The van der Waals surface area contributed by atoms with E-state index in [0.717, 1.165) is 25.0 Å². The van der Waals surface area contributed by atoms with Crippen LogP contribution >= 0.6 is 0 Å². The minimum absolute atomic E-state index is 1.04. The molecule has 0 N–H and O–H groups in total. The largest absolute Gasteiger partial charge is 0.262 e. The van der Waals surface area contributed by atoms with Gasteiger partial charge in [0, 0.05) is 6.21 Å². The molecule has 0 unspecified atom stereocenters. The van der Waals surface area contributed by atoms with Gasteiger partial charge in [0.05, 0.1) is 5.70 Å². The monoisotopic (exact) mass is 217 g/mol. The van der Waals surface area contributed by atoms with Gasteiger partial charge >= 0.3 is 0 Å². The zero-order chi connectivity index (χ0) is 12.1. The SMILES string of the molecule is CC=NC(=C\CC/C=C\C=C/CC)/C=C/C. The maximum absolute atomic E-state index is 4.27. The van der Waals surface area contributed by atoms with Crippen molar-refractivity contribution in [2.24, 2.45) is 4.99 Å². The molecular weight excluding hydrogens is 194 g/mol. The second-order valence-corrected chi connectivity index (χ2v) is 3.36. The van der Waals surface area contributed by atoms with E-state index in [9.17, 15) is 0 Å². The van der Waals surface area contributed by atoms with Gasteiger partial charge in [-0.25, -0.2) is 0 Å². The van der Waals surface area contributed by atoms with Crippen molar-refractivity contribution in [1.82, 2.24) is 0 Å². The average molecular weight is 217 g/mol. The number of nitrogens with zero attached hydrogens (tertiary/aromatic N) is 1. The minimum atomic E-state index is 1.04. The Morgan fingerprint density at radius 1 is 1.06 bits per heavy atom. The molecule has 0 aliphatic rings. The third-order valence-corrected chi connectivity index (χ3v) is 1.92. The normalized spacial score (nSPS) is 14.1. The van der Waals surface area contributed by atoms with E-state index in [1.807, 2.05) is 32.2 Å². The molecule has 0 aliphatic heterocycles. The van der Waals surface area contributed by atoms with Crippen molar-refractivity contribution >= 4 is 6.21 Å². The lowest BCUT2D eigenvalue weighted by Gasteiger charge is -1.92. The van der Waals surface area contributed by atoms with Gasteiger partial charge in [0.2, 0.25) is 0 Å². The Morgan fingerprint density at radius 3 is 2.44 bits per heavy atom. The standard InChI is InChI=1S/C15H23N/c1-4-7-8-9-10-11-12-14-15(13-5-2)16-6-3/h5-10,13-14H,4,11-12H2,1-3H3/b8-7-,10-9-,13-5+,15-14-,16-6?. The topological polar surface area (TPSA) is 12.4 Å². The van der Waals surface area contributed by atoms with Crippen LogP contribution in [0.15, 0.2) is 53.2 Å². The molecule has 0 aromatic rings. The molecule has 0 saturated heterocycles. The van der Waals surface area contributed by atoms with Crippen LogP contribution in [0.1, 0.15) is 40.0 Å². The lowest BCUT2D eigenvalue weighted by atomic mass is 10.2. The van der Waals surface area contributed by atoms with Crippen molar-refractivity contribution in [2.75, 3.05) is 0 Å². The molecule has 1 heteroatoms. The van der Waals surface area contributed by atoms with Crippen LogP contribution in [0, 0.1) is 0 Å². The highest BCUT2D eigenvalue weighted by Gasteiger charge is 1.84.